The molecule has 0 aliphatic rings. The molecule has 0 aromatic carbocycles. The normalized spacial score (nSPS) is 11.5. The zero-order valence-electron chi connectivity index (χ0n) is 12.4. The summed E-state index contributed by atoms with van der Waals surface area (Å²) < 4.78 is 28.1. The van der Waals surface area contributed by atoms with Crippen molar-refractivity contribution in [2.24, 2.45) is 0 Å². The predicted molar refractivity (Wildman–Crippen MR) is 75.4 cm³/mol. The minimum Gasteiger partial charge on any atom is -0.466 e. The van der Waals surface area contributed by atoms with Gasteiger partial charge in [0.2, 0.25) is 0 Å². The molecule has 5 nitrogen and oxygen atoms in total. The molecule has 0 aliphatic heterocycles. The fourth-order valence-electron chi connectivity index (χ4n) is 1.34. The van der Waals surface area contributed by atoms with Crippen LogP contribution in [0.3, 0.4) is 0 Å². The summed E-state index contributed by atoms with van der Waals surface area (Å²) in [4.78, 5) is 10.6. The summed E-state index contributed by atoms with van der Waals surface area (Å²) in [7, 11) is -3.03. The monoisotopic (exact) mass is 294 g/mol. The summed E-state index contributed by atoms with van der Waals surface area (Å²) in [5.74, 6) is -0.325. The Hall–Kier alpha value is -0.380. The molecular weight excluding hydrogens is 267 g/mol. The first-order valence-electron chi connectivity index (χ1n) is 7.05. The Labute approximate surface area is 116 Å². The van der Waals surface area contributed by atoms with Crippen molar-refractivity contribution in [3.63, 3.8) is 0 Å². The van der Waals surface area contributed by atoms with Crippen molar-refractivity contribution in [3.05, 3.63) is 0 Å². The smallest absolute Gasteiger partial charge is 0.330 e. The van der Waals surface area contributed by atoms with E-state index in [0.717, 1.165) is 25.7 Å². The lowest BCUT2D eigenvalue weighted by Gasteiger charge is -2.18. The molecule has 0 N–H and O–H groups in total. The SMILES string of the molecule is CCCCOP(=O)(CCCOC(C)=O)OCCCC. The van der Waals surface area contributed by atoms with Gasteiger partial charge in [-0.2, -0.15) is 0 Å². The summed E-state index contributed by atoms with van der Waals surface area (Å²) in [6, 6.07) is 0. The quantitative estimate of drug-likeness (QED) is 0.311. The van der Waals surface area contributed by atoms with Gasteiger partial charge in [0.15, 0.2) is 0 Å². The van der Waals surface area contributed by atoms with E-state index in [1.54, 1.807) is 0 Å². The zero-order chi connectivity index (χ0) is 14.6. The molecule has 0 saturated carbocycles. The molecule has 0 fully saturated rings. The average Bonchev–Trinajstić information content (AvgIpc) is 2.35. The van der Waals surface area contributed by atoms with Crippen molar-refractivity contribution in [3.8, 4) is 0 Å². The number of esters is 1. The Morgan fingerprint density at radius 3 is 1.89 bits per heavy atom. The van der Waals surface area contributed by atoms with Crippen molar-refractivity contribution < 1.29 is 23.1 Å². The lowest BCUT2D eigenvalue weighted by Crippen LogP contribution is -2.07. The molecule has 0 atom stereocenters. The Morgan fingerprint density at radius 2 is 1.47 bits per heavy atom. The maximum absolute atomic E-state index is 12.4. The Balaban J connectivity index is 4.07. The van der Waals surface area contributed by atoms with Gasteiger partial charge in [-0.15, -0.1) is 0 Å². The third kappa shape index (κ3) is 11.2. The first kappa shape index (κ1) is 18.6. The average molecular weight is 294 g/mol. The van der Waals surface area contributed by atoms with E-state index in [1.807, 2.05) is 13.8 Å². The maximum Gasteiger partial charge on any atom is 0.330 e. The number of carbonyl (C=O) groups excluding carboxylic acids is 1. The van der Waals surface area contributed by atoms with Crippen LogP contribution in [0.2, 0.25) is 0 Å². The van der Waals surface area contributed by atoms with Crippen molar-refractivity contribution in [1.82, 2.24) is 0 Å². The van der Waals surface area contributed by atoms with Crippen LogP contribution in [0, 0.1) is 0 Å². The molecule has 0 aromatic heterocycles. The first-order chi connectivity index (χ1) is 9.04. The van der Waals surface area contributed by atoms with E-state index in [4.69, 9.17) is 13.8 Å². The number of hydrogen-bond donors (Lipinski definition) is 0. The van der Waals surface area contributed by atoms with E-state index in [0.29, 0.717) is 25.8 Å². The summed E-state index contributed by atoms with van der Waals surface area (Å²) >= 11 is 0. The highest BCUT2D eigenvalue weighted by Gasteiger charge is 2.23. The number of hydrogen-bond acceptors (Lipinski definition) is 5. The second kappa shape index (κ2) is 11.4. The number of unbranched alkanes of at least 4 members (excludes halogenated alkanes) is 2. The molecule has 19 heavy (non-hydrogen) atoms. The summed E-state index contributed by atoms with van der Waals surface area (Å²) in [6.07, 6.45) is 4.50. The molecule has 0 spiro atoms. The van der Waals surface area contributed by atoms with Gasteiger partial charge in [0.1, 0.15) is 0 Å². The van der Waals surface area contributed by atoms with Crippen LogP contribution in [-0.2, 0) is 23.1 Å². The summed E-state index contributed by atoms with van der Waals surface area (Å²) in [5.41, 5.74) is 0. The Morgan fingerprint density at radius 1 is 0.947 bits per heavy atom. The highest BCUT2D eigenvalue weighted by atomic mass is 31.2. The number of ether oxygens (including phenoxy) is 1. The van der Waals surface area contributed by atoms with E-state index in [9.17, 15) is 9.36 Å². The number of rotatable bonds is 12. The minimum absolute atomic E-state index is 0.258. The second-order valence-electron chi connectivity index (χ2n) is 4.40. The largest absolute Gasteiger partial charge is 0.466 e. The Bertz CT molecular complexity index is 266. The van der Waals surface area contributed by atoms with Crippen molar-refractivity contribution in [1.29, 1.82) is 0 Å². The van der Waals surface area contributed by atoms with Gasteiger partial charge in [0.25, 0.3) is 0 Å². The summed E-state index contributed by atoms with van der Waals surface area (Å²) in [5, 5.41) is 0. The molecule has 0 radical (unpaired) electrons. The van der Waals surface area contributed by atoms with E-state index in [2.05, 4.69) is 0 Å². The second-order valence-corrected chi connectivity index (χ2v) is 6.59. The van der Waals surface area contributed by atoms with Gasteiger partial charge in [0.05, 0.1) is 26.0 Å². The number of carbonyl (C=O) groups is 1. The van der Waals surface area contributed by atoms with Gasteiger partial charge in [-0.05, 0) is 19.3 Å². The maximum atomic E-state index is 12.4. The standard InChI is InChI=1S/C13H27O5P/c1-4-6-10-17-19(15,18-11-7-5-2)12-8-9-16-13(3)14/h4-12H2,1-3H3. The van der Waals surface area contributed by atoms with Gasteiger partial charge >= 0.3 is 13.6 Å². The third-order valence-corrected chi connectivity index (χ3v) is 4.47. The molecule has 0 unspecified atom stereocenters. The highest BCUT2D eigenvalue weighted by molar-refractivity contribution is 7.53. The first-order valence-corrected chi connectivity index (χ1v) is 8.78. The topological polar surface area (TPSA) is 61.8 Å². The molecule has 0 rings (SSSR count). The molecule has 0 aromatic rings. The summed E-state index contributed by atoms with van der Waals surface area (Å²) in [6.45, 7) is 6.61. The van der Waals surface area contributed by atoms with Crippen LogP contribution in [0.4, 0.5) is 0 Å². The van der Waals surface area contributed by atoms with E-state index < -0.39 is 7.60 Å². The van der Waals surface area contributed by atoms with Gasteiger partial charge in [-0.3, -0.25) is 9.36 Å². The van der Waals surface area contributed by atoms with Gasteiger partial charge in [0, 0.05) is 6.92 Å². The van der Waals surface area contributed by atoms with E-state index >= 15 is 0 Å². The van der Waals surface area contributed by atoms with Crippen LogP contribution in [0.25, 0.3) is 0 Å². The third-order valence-electron chi connectivity index (χ3n) is 2.45. The van der Waals surface area contributed by atoms with E-state index in [-0.39, 0.29) is 12.6 Å². The van der Waals surface area contributed by atoms with Crippen molar-refractivity contribution in [2.45, 2.75) is 52.9 Å². The van der Waals surface area contributed by atoms with Crippen LogP contribution in [0.1, 0.15) is 52.9 Å². The fraction of sp³-hybridized carbons (Fsp3) is 0.923. The van der Waals surface area contributed by atoms with Crippen LogP contribution in [0.15, 0.2) is 0 Å². The highest BCUT2D eigenvalue weighted by Crippen LogP contribution is 2.49. The van der Waals surface area contributed by atoms with Gasteiger partial charge in [-0.1, -0.05) is 26.7 Å². The van der Waals surface area contributed by atoms with Crippen LogP contribution in [0.5, 0.6) is 0 Å². The lowest BCUT2D eigenvalue weighted by molar-refractivity contribution is -0.140. The van der Waals surface area contributed by atoms with Crippen molar-refractivity contribution >= 4 is 13.6 Å². The minimum atomic E-state index is -3.03. The Kier molecular flexibility index (Phi) is 11.2. The molecule has 114 valence electrons. The fourth-order valence-corrected chi connectivity index (χ4v) is 3.00. The van der Waals surface area contributed by atoms with Gasteiger partial charge < -0.3 is 13.8 Å². The molecule has 0 bridgehead atoms. The molecule has 0 saturated heterocycles. The van der Waals surface area contributed by atoms with Crippen LogP contribution >= 0.6 is 7.60 Å². The molecular formula is C13H27O5P. The van der Waals surface area contributed by atoms with Crippen molar-refractivity contribution in [2.75, 3.05) is 26.0 Å². The molecule has 0 aliphatic carbocycles. The van der Waals surface area contributed by atoms with Gasteiger partial charge in [-0.25, -0.2) is 0 Å². The molecule has 6 heteroatoms. The lowest BCUT2D eigenvalue weighted by atomic mass is 10.4. The zero-order valence-corrected chi connectivity index (χ0v) is 13.2. The molecule has 0 amide bonds. The van der Waals surface area contributed by atoms with E-state index in [1.165, 1.54) is 6.92 Å². The molecule has 0 heterocycles. The van der Waals surface area contributed by atoms with Crippen LogP contribution in [-0.4, -0.2) is 32.0 Å². The predicted octanol–water partition coefficient (Wildman–Crippen LogP) is 3.77. The van der Waals surface area contributed by atoms with Crippen LogP contribution < -0.4 is 0 Å².